The molecule has 2 aliphatic rings. The molecule has 7 nitrogen and oxygen atoms in total. The molecule has 7 heteroatoms. The normalized spacial score (nSPS) is 22.5. The fourth-order valence-electron chi connectivity index (χ4n) is 3.43. The first-order chi connectivity index (χ1) is 12.0. The van der Waals surface area contributed by atoms with Crippen LogP contribution in [0, 0.1) is 5.92 Å². The Morgan fingerprint density at radius 1 is 1.08 bits per heavy atom. The van der Waals surface area contributed by atoms with Crippen molar-refractivity contribution in [3.63, 3.8) is 0 Å². The van der Waals surface area contributed by atoms with Crippen molar-refractivity contribution in [3.05, 3.63) is 35.4 Å². The molecule has 1 aromatic rings. The van der Waals surface area contributed by atoms with Crippen LogP contribution in [0.5, 0.6) is 0 Å². The molecule has 1 saturated carbocycles. The van der Waals surface area contributed by atoms with Crippen LogP contribution in [0.15, 0.2) is 24.3 Å². The Morgan fingerprint density at radius 2 is 1.68 bits per heavy atom. The van der Waals surface area contributed by atoms with E-state index in [1.165, 1.54) is 0 Å². The molecule has 0 unspecified atom stereocenters. The van der Waals surface area contributed by atoms with Crippen molar-refractivity contribution in [1.82, 2.24) is 15.5 Å². The molecule has 5 amide bonds. The van der Waals surface area contributed by atoms with Crippen LogP contribution < -0.4 is 10.6 Å². The maximum atomic E-state index is 12.2. The Balaban J connectivity index is 1.55. The van der Waals surface area contributed by atoms with Crippen molar-refractivity contribution in [2.45, 2.75) is 38.6 Å². The van der Waals surface area contributed by atoms with Gasteiger partial charge in [0.2, 0.25) is 5.91 Å². The summed E-state index contributed by atoms with van der Waals surface area (Å²) < 4.78 is 0. The summed E-state index contributed by atoms with van der Waals surface area (Å²) in [6.07, 6.45) is 4.15. The predicted octanol–water partition coefficient (Wildman–Crippen LogP) is 1.69. The Kier molecular flexibility index (Phi) is 4.83. The number of carbonyl (C=O) groups is 4. The number of rotatable bonds is 3. The average Bonchev–Trinajstić information content (AvgIpc) is 2.82. The minimum atomic E-state index is -0.685. The van der Waals surface area contributed by atoms with Crippen LogP contribution in [-0.4, -0.2) is 41.2 Å². The molecule has 3 rings (SSSR count). The second kappa shape index (κ2) is 7.04. The SMILES string of the molecule is C[C@H]1CCCC[C@H]1NC(=O)NC(=O)CN1C(=O)c2ccccc2C1=O. The maximum Gasteiger partial charge on any atom is 0.321 e. The van der Waals surface area contributed by atoms with E-state index < -0.39 is 30.3 Å². The first-order valence-electron chi connectivity index (χ1n) is 8.53. The Bertz CT molecular complexity index is 696. The maximum absolute atomic E-state index is 12.2. The Labute approximate surface area is 145 Å². The molecule has 0 saturated heterocycles. The van der Waals surface area contributed by atoms with Crippen LogP contribution in [0.2, 0.25) is 0 Å². The first-order valence-corrected chi connectivity index (χ1v) is 8.53. The molecule has 1 aliphatic heterocycles. The summed E-state index contributed by atoms with van der Waals surface area (Å²) in [6.45, 7) is 1.60. The van der Waals surface area contributed by atoms with Crippen molar-refractivity contribution < 1.29 is 19.2 Å². The lowest BCUT2D eigenvalue weighted by Crippen LogP contribution is -2.50. The van der Waals surface area contributed by atoms with E-state index in [1.807, 2.05) is 0 Å². The van der Waals surface area contributed by atoms with Crippen LogP contribution >= 0.6 is 0 Å². The number of imide groups is 2. The van der Waals surface area contributed by atoms with Crippen molar-refractivity contribution in [3.8, 4) is 0 Å². The average molecular weight is 343 g/mol. The van der Waals surface area contributed by atoms with Crippen LogP contribution in [0.1, 0.15) is 53.3 Å². The number of benzene rings is 1. The molecule has 1 aromatic carbocycles. The number of nitrogens with zero attached hydrogens (tertiary/aromatic N) is 1. The third kappa shape index (κ3) is 3.55. The number of nitrogens with one attached hydrogen (secondary N) is 2. The highest BCUT2D eigenvalue weighted by Gasteiger charge is 2.36. The van der Waals surface area contributed by atoms with Crippen molar-refractivity contribution in [2.75, 3.05) is 6.54 Å². The zero-order valence-electron chi connectivity index (χ0n) is 14.1. The third-order valence-electron chi connectivity index (χ3n) is 4.86. The zero-order valence-corrected chi connectivity index (χ0v) is 14.1. The van der Waals surface area contributed by atoms with Gasteiger partial charge in [-0.25, -0.2) is 4.79 Å². The van der Waals surface area contributed by atoms with Crippen LogP contribution in [0.3, 0.4) is 0 Å². The summed E-state index contributed by atoms with van der Waals surface area (Å²) in [6, 6.07) is 5.87. The van der Waals surface area contributed by atoms with Gasteiger partial charge >= 0.3 is 6.03 Å². The lowest BCUT2D eigenvalue weighted by Gasteiger charge is -2.29. The van der Waals surface area contributed by atoms with Gasteiger partial charge in [0, 0.05) is 6.04 Å². The summed E-state index contributed by atoms with van der Waals surface area (Å²) in [7, 11) is 0. The van der Waals surface area contributed by atoms with Gasteiger partial charge in [0.25, 0.3) is 11.8 Å². The van der Waals surface area contributed by atoms with E-state index in [1.54, 1.807) is 24.3 Å². The van der Waals surface area contributed by atoms with Crippen molar-refractivity contribution in [1.29, 1.82) is 0 Å². The molecular weight excluding hydrogens is 322 g/mol. The molecule has 132 valence electrons. The Hall–Kier alpha value is -2.70. The van der Waals surface area contributed by atoms with Crippen LogP contribution in [0.4, 0.5) is 4.79 Å². The van der Waals surface area contributed by atoms with Gasteiger partial charge < -0.3 is 5.32 Å². The smallest absolute Gasteiger partial charge is 0.321 e. The number of amides is 5. The zero-order chi connectivity index (χ0) is 18.0. The van der Waals surface area contributed by atoms with Gasteiger partial charge in [-0.2, -0.15) is 0 Å². The number of fused-ring (bicyclic) bond motifs is 1. The molecule has 0 radical (unpaired) electrons. The van der Waals surface area contributed by atoms with E-state index in [0.29, 0.717) is 5.92 Å². The van der Waals surface area contributed by atoms with Gasteiger partial charge in [0.15, 0.2) is 0 Å². The van der Waals surface area contributed by atoms with Gasteiger partial charge in [-0.1, -0.05) is 31.9 Å². The number of carbonyl (C=O) groups excluding carboxylic acids is 4. The molecule has 1 heterocycles. The Morgan fingerprint density at radius 3 is 2.28 bits per heavy atom. The summed E-state index contributed by atoms with van der Waals surface area (Å²) in [4.78, 5) is 49.3. The third-order valence-corrected chi connectivity index (χ3v) is 4.86. The summed E-state index contributed by atoms with van der Waals surface area (Å²) in [5.74, 6) is -1.35. The minimum absolute atomic E-state index is 0.0425. The van der Waals surface area contributed by atoms with E-state index in [0.717, 1.165) is 30.6 Å². The van der Waals surface area contributed by atoms with E-state index in [4.69, 9.17) is 0 Å². The quantitative estimate of drug-likeness (QED) is 0.816. The monoisotopic (exact) mass is 343 g/mol. The molecule has 2 atom stereocenters. The number of hydrogen-bond donors (Lipinski definition) is 2. The molecule has 2 N–H and O–H groups in total. The molecule has 0 bridgehead atoms. The van der Waals surface area contributed by atoms with Crippen molar-refractivity contribution in [2.24, 2.45) is 5.92 Å². The number of urea groups is 1. The van der Waals surface area contributed by atoms with Gasteiger partial charge in [-0.05, 0) is 30.9 Å². The van der Waals surface area contributed by atoms with Gasteiger partial charge in [0.1, 0.15) is 6.54 Å². The second-order valence-corrected chi connectivity index (χ2v) is 6.63. The number of hydrogen-bond acceptors (Lipinski definition) is 4. The van der Waals surface area contributed by atoms with Gasteiger partial charge in [0.05, 0.1) is 11.1 Å². The first kappa shape index (κ1) is 17.1. The predicted molar refractivity (Wildman–Crippen MR) is 89.9 cm³/mol. The van der Waals surface area contributed by atoms with E-state index in [9.17, 15) is 19.2 Å². The fourth-order valence-corrected chi connectivity index (χ4v) is 3.43. The molecular formula is C18H21N3O4. The standard InChI is InChI=1S/C18H21N3O4/c1-11-6-2-5-9-14(11)19-18(25)20-15(22)10-21-16(23)12-7-3-4-8-13(12)17(21)24/h3-4,7-8,11,14H,2,5-6,9-10H2,1H3,(H2,19,20,22,25)/t11-,14+/m0/s1. The molecule has 0 spiro atoms. The largest absolute Gasteiger partial charge is 0.335 e. The second-order valence-electron chi connectivity index (χ2n) is 6.63. The highest BCUT2D eigenvalue weighted by molar-refractivity contribution is 6.22. The lowest BCUT2D eigenvalue weighted by atomic mass is 9.86. The van der Waals surface area contributed by atoms with Gasteiger partial charge in [-0.15, -0.1) is 0 Å². The van der Waals surface area contributed by atoms with E-state index in [-0.39, 0.29) is 17.2 Å². The highest BCUT2D eigenvalue weighted by Crippen LogP contribution is 2.24. The molecule has 1 aliphatic carbocycles. The minimum Gasteiger partial charge on any atom is -0.335 e. The molecule has 1 fully saturated rings. The summed E-state index contributed by atoms with van der Waals surface area (Å²) in [5, 5.41) is 5.01. The summed E-state index contributed by atoms with van der Waals surface area (Å²) in [5.41, 5.74) is 0.557. The van der Waals surface area contributed by atoms with Gasteiger partial charge in [-0.3, -0.25) is 24.6 Å². The van der Waals surface area contributed by atoms with E-state index in [2.05, 4.69) is 17.6 Å². The van der Waals surface area contributed by atoms with Crippen molar-refractivity contribution >= 4 is 23.8 Å². The highest BCUT2D eigenvalue weighted by atomic mass is 16.2. The molecule has 0 aromatic heterocycles. The topological polar surface area (TPSA) is 95.6 Å². The summed E-state index contributed by atoms with van der Waals surface area (Å²) >= 11 is 0. The lowest BCUT2D eigenvalue weighted by molar-refractivity contribution is -0.120. The van der Waals surface area contributed by atoms with Crippen LogP contribution in [0.25, 0.3) is 0 Å². The fraction of sp³-hybridized carbons (Fsp3) is 0.444. The molecule has 25 heavy (non-hydrogen) atoms. The van der Waals surface area contributed by atoms with Crippen LogP contribution in [-0.2, 0) is 4.79 Å². The van der Waals surface area contributed by atoms with E-state index >= 15 is 0 Å².